The Kier molecular flexibility index (Phi) is 4.50. The summed E-state index contributed by atoms with van der Waals surface area (Å²) in [5.41, 5.74) is -0.533. The minimum atomic E-state index is -0.533. The Hall–Kier alpha value is -0.870. The van der Waals surface area contributed by atoms with Crippen LogP contribution in [0.1, 0.15) is 19.8 Å². The highest BCUT2D eigenvalue weighted by Crippen LogP contribution is 2.27. The molecule has 1 rings (SSSR count). The van der Waals surface area contributed by atoms with Gasteiger partial charge in [-0.25, -0.2) is 0 Å². The zero-order valence-corrected chi connectivity index (χ0v) is 10.5. The molecule has 1 N–H and O–H groups in total. The molecular weight excluding hydrogens is 204 g/mol. The van der Waals surface area contributed by atoms with Crippen LogP contribution in [0, 0.1) is 0 Å². The highest BCUT2D eigenvalue weighted by Gasteiger charge is 2.43. The van der Waals surface area contributed by atoms with Crippen LogP contribution in [0.2, 0.25) is 0 Å². The lowest BCUT2D eigenvalue weighted by atomic mass is 9.83. The van der Waals surface area contributed by atoms with Crippen molar-refractivity contribution in [3.8, 4) is 0 Å². The van der Waals surface area contributed by atoms with Crippen molar-refractivity contribution in [3.05, 3.63) is 12.7 Å². The van der Waals surface area contributed by atoms with Crippen molar-refractivity contribution in [2.75, 3.05) is 27.2 Å². The largest absolute Gasteiger partial charge is 0.468 e. The molecule has 2 unspecified atom stereocenters. The molecular formula is C12H22N2O2. The molecule has 0 bridgehead atoms. The van der Waals surface area contributed by atoms with Crippen LogP contribution in [0.15, 0.2) is 12.7 Å². The van der Waals surface area contributed by atoms with Crippen molar-refractivity contribution >= 4 is 5.97 Å². The van der Waals surface area contributed by atoms with Gasteiger partial charge < -0.3 is 9.64 Å². The number of rotatable bonds is 4. The molecule has 0 aromatic carbocycles. The Morgan fingerprint density at radius 1 is 1.75 bits per heavy atom. The predicted octanol–water partition coefficient (Wildman–Crippen LogP) is 0.788. The van der Waals surface area contributed by atoms with Gasteiger partial charge in [-0.05, 0) is 26.8 Å². The maximum absolute atomic E-state index is 11.9. The number of ether oxygens (including phenoxy) is 1. The number of hydrogen-bond acceptors (Lipinski definition) is 4. The van der Waals surface area contributed by atoms with E-state index in [1.165, 1.54) is 7.11 Å². The summed E-state index contributed by atoms with van der Waals surface area (Å²) in [7, 11) is 3.53. The van der Waals surface area contributed by atoms with E-state index in [2.05, 4.69) is 30.8 Å². The van der Waals surface area contributed by atoms with Crippen LogP contribution in [0.5, 0.6) is 0 Å². The number of nitrogens with one attached hydrogen (secondary N) is 1. The van der Waals surface area contributed by atoms with E-state index in [-0.39, 0.29) is 5.97 Å². The van der Waals surface area contributed by atoms with Crippen molar-refractivity contribution in [1.82, 2.24) is 10.2 Å². The summed E-state index contributed by atoms with van der Waals surface area (Å²) >= 11 is 0. The fourth-order valence-corrected chi connectivity index (χ4v) is 2.23. The highest BCUT2D eigenvalue weighted by atomic mass is 16.5. The Labute approximate surface area is 97.6 Å². The normalized spacial score (nSPS) is 31.1. The van der Waals surface area contributed by atoms with Crippen LogP contribution in [0.3, 0.4) is 0 Å². The summed E-state index contributed by atoms with van der Waals surface area (Å²) in [6.45, 7) is 7.34. The zero-order chi connectivity index (χ0) is 12.2. The van der Waals surface area contributed by atoms with Crippen molar-refractivity contribution < 1.29 is 9.53 Å². The second-order valence-corrected chi connectivity index (χ2v) is 4.53. The number of hydrogen-bond donors (Lipinski definition) is 1. The second-order valence-electron chi connectivity index (χ2n) is 4.53. The van der Waals surface area contributed by atoms with Gasteiger partial charge in [-0.1, -0.05) is 6.08 Å². The van der Waals surface area contributed by atoms with Crippen molar-refractivity contribution in [1.29, 1.82) is 0 Å². The van der Waals surface area contributed by atoms with Gasteiger partial charge in [0.05, 0.1) is 7.11 Å². The van der Waals surface area contributed by atoms with E-state index in [1.54, 1.807) is 6.08 Å². The molecule has 0 aromatic rings. The molecule has 2 atom stereocenters. The van der Waals surface area contributed by atoms with Crippen molar-refractivity contribution in [2.45, 2.75) is 31.3 Å². The van der Waals surface area contributed by atoms with Crippen LogP contribution in [-0.4, -0.2) is 49.7 Å². The van der Waals surface area contributed by atoms with Gasteiger partial charge in [-0.15, -0.1) is 6.58 Å². The molecule has 0 aliphatic carbocycles. The number of likely N-dealkylation sites (tertiary alicyclic amines) is 1. The lowest BCUT2D eigenvalue weighted by Gasteiger charge is -2.42. The SMILES string of the molecule is C=CCNC1(C(=O)OC)CCN(C)C(C)C1. The minimum absolute atomic E-state index is 0.158. The standard InChI is InChI=1S/C12H22N2O2/c1-5-7-13-12(11(15)16-4)6-8-14(3)10(2)9-12/h5,10,13H,1,6-9H2,2-4H3. The third kappa shape index (κ3) is 2.62. The van der Waals surface area contributed by atoms with E-state index in [0.717, 1.165) is 19.4 Å². The van der Waals surface area contributed by atoms with Gasteiger partial charge in [0.1, 0.15) is 5.54 Å². The fourth-order valence-electron chi connectivity index (χ4n) is 2.23. The summed E-state index contributed by atoms with van der Waals surface area (Å²) in [5, 5.41) is 3.27. The van der Waals surface area contributed by atoms with E-state index in [4.69, 9.17) is 4.74 Å². The molecule has 0 amide bonds. The maximum Gasteiger partial charge on any atom is 0.326 e. The van der Waals surface area contributed by atoms with E-state index >= 15 is 0 Å². The first-order valence-corrected chi connectivity index (χ1v) is 5.70. The van der Waals surface area contributed by atoms with Gasteiger partial charge in [-0.3, -0.25) is 10.1 Å². The Bertz CT molecular complexity index is 268. The van der Waals surface area contributed by atoms with E-state index < -0.39 is 5.54 Å². The number of carbonyl (C=O) groups is 1. The number of methoxy groups -OCH3 is 1. The summed E-state index contributed by atoms with van der Waals surface area (Å²) in [5.74, 6) is -0.158. The fraction of sp³-hybridized carbons (Fsp3) is 0.750. The van der Waals surface area contributed by atoms with Crippen molar-refractivity contribution in [2.24, 2.45) is 0 Å². The van der Waals surface area contributed by atoms with E-state index in [1.807, 2.05) is 0 Å². The Morgan fingerprint density at radius 3 is 2.94 bits per heavy atom. The first-order chi connectivity index (χ1) is 7.55. The van der Waals surface area contributed by atoms with Gasteiger partial charge in [0.15, 0.2) is 0 Å². The molecule has 0 radical (unpaired) electrons. The van der Waals surface area contributed by atoms with Gasteiger partial charge in [0.2, 0.25) is 0 Å². The number of nitrogens with zero attached hydrogens (tertiary/aromatic N) is 1. The quantitative estimate of drug-likeness (QED) is 0.568. The Balaban J connectivity index is 2.79. The van der Waals surface area contributed by atoms with Crippen molar-refractivity contribution in [3.63, 3.8) is 0 Å². The van der Waals surface area contributed by atoms with E-state index in [9.17, 15) is 4.79 Å². The molecule has 1 aliphatic rings. The zero-order valence-electron chi connectivity index (χ0n) is 10.5. The summed E-state index contributed by atoms with van der Waals surface area (Å²) in [6.07, 6.45) is 3.34. The molecule has 1 heterocycles. The molecule has 4 nitrogen and oxygen atoms in total. The van der Waals surface area contributed by atoms with Crippen LogP contribution < -0.4 is 5.32 Å². The Morgan fingerprint density at radius 2 is 2.44 bits per heavy atom. The summed E-state index contributed by atoms with van der Waals surface area (Å²) in [4.78, 5) is 14.2. The lowest BCUT2D eigenvalue weighted by molar-refractivity contribution is -0.151. The summed E-state index contributed by atoms with van der Waals surface area (Å²) in [6, 6.07) is 0.380. The maximum atomic E-state index is 11.9. The predicted molar refractivity (Wildman–Crippen MR) is 64.3 cm³/mol. The van der Waals surface area contributed by atoms with Gasteiger partial charge >= 0.3 is 5.97 Å². The van der Waals surface area contributed by atoms with Crippen LogP contribution in [0.4, 0.5) is 0 Å². The molecule has 0 aromatic heterocycles. The molecule has 1 saturated heterocycles. The average Bonchev–Trinajstić information content (AvgIpc) is 2.30. The smallest absolute Gasteiger partial charge is 0.326 e. The van der Waals surface area contributed by atoms with Gasteiger partial charge in [0.25, 0.3) is 0 Å². The number of carbonyl (C=O) groups excluding carboxylic acids is 1. The van der Waals surface area contributed by atoms with Crippen LogP contribution in [-0.2, 0) is 9.53 Å². The molecule has 0 spiro atoms. The van der Waals surface area contributed by atoms with Crippen LogP contribution >= 0.6 is 0 Å². The highest BCUT2D eigenvalue weighted by molar-refractivity contribution is 5.81. The molecule has 1 fully saturated rings. The topological polar surface area (TPSA) is 41.6 Å². The average molecular weight is 226 g/mol. The van der Waals surface area contributed by atoms with Crippen LogP contribution in [0.25, 0.3) is 0 Å². The third-order valence-corrected chi connectivity index (χ3v) is 3.45. The molecule has 16 heavy (non-hydrogen) atoms. The first kappa shape index (κ1) is 13.2. The molecule has 0 saturated carbocycles. The van der Waals surface area contributed by atoms with Gasteiger partial charge in [-0.2, -0.15) is 0 Å². The number of esters is 1. The lowest BCUT2D eigenvalue weighted by Crippen LogP contribution is -2.60. The first-order valence-electron chi connectivity index (χ1n) is 5.70. The van der Waals surface area contributed by atoms with E-state index in [0.29, 0.717) is 12.6 Å². The summed E-state index contributed by atoms with van der Waals surface area (Å²) < 4.78 is 4.92. The molecule has 92 valence electrons. The molecule has 1 aliphatic heterocycles. The monoisotopic (exact) mass is 226 g/mol. The minimum Gasteiger partial charge on any atom is -0.468 e. The van der Waals surface area contributed by atoms with Gasteiger partial charge in [0, 0.05) is 19.1 Å². The third-order valence-electron chi connectivity index (χ3n) is 3.45. The molecule has 4 heteroatoms. The number of piperidine rings is 1. The second kappa shape index (κ2) is 5.46.